The number of hydrogen-bond donors (Lipinski definition) is 1. The quantitative estimate of drug-likeness (QED) is 0.754. The minimum Gasteiger partial charge on any atom is -0.468 e. The van der Waals surface area contributed by atoms with E-state index in [4.69, 9.17) is 4.42 Å². The summed E-state index contributed by atoms with van der Waals surface area (Å²) < 4.78 is 5.37. The summed E-state index contributed by atoms with van der Waals surface area (Å²) in [6.45, 7) is 12.1. The lowest BCUT2D eigenvalue weighted by molar-refractivity contribution is 0.219. The van der Waals surface area contributed by atoms with Crippen molar-refractivity contribution in [3.8, 4) is 0 Å². The van der Waals surface area contributed by atoms with E-state index in [0.717, 1.165) is 18.8 Å². The highest BCUT2D eigenvalue weighted by atomic mass is 16.3. The Morgan fingerprint density at radius 1 is 1.29 bits per heavy atom. The fourth-order valence-electron chi connectivity index (χ4n) is 1.98. The summed E-state index contributed by atoms with van der Waals surface area (Å²) in [4.78, 5) is 2.50. The minimum atomic E-state index is 0.292. The average molecular weight is 238 g/mol. The Morgan fingerprint density at radius 2 is 2.06 bits per heavy atom. The van der Waals surface area contributed by atoms with Gasteiger partial charge < -0.3 is 9.73 Å². The van der Waals surface area contributed by atoms with Gasteiger partial charge in [-0.2, -0.15) is 0 Å². The van der Waals surface area contributed by atoms with E-state index in [0.29, 0.717) is 12.1 Å². The maximum Gasteiger partial charge on any atom is 0.120 e. The van der Waals surface area contributed by atoms with Gasteiger partial charge in [-0.1, -0.05) is 6.92 Å². The van der Waals surface area contributed by atoms with Crippen LogP contribution in [0.2, 0.25) is 0 Å². The monoisotopic (exact) mass is 238 g/mol. The summed E-state index contributed by atoms with van der Waals surface area (Å²) in [7, 11) is 0. The third kappa shape index (κ3) is 4.92. The summed E-state index contributed by atoms with van der Waals surface area (Å²) in [6.07, 6.45) is 2.94. The first-order valence-electron chi connectivity index (χ1n) is 6.66. The van der Waals surface area contributed by atoms with E-state index in [2.05, 4.69) is 37.9 Å². The van der Waals surface area contributed by atoms with E-state index in [-0.39, 0.29) is 0 Å². The zero-order valence-corrected chi connectivity index (χ0v) is 11.6. The van der Waals surface area contributed by atoms with Crippen LogP contribution in [0, 0.1) is 0 Å². The Kier molecular flexibility index (Phi) is 6.30. The summed E-state index contributed by atoms with van der Waals surface area (Å²) in [5, 5.41) is 3.49. The van der Waals surface area contributed by atoms with Crippen LogP contribution >= 0.6 is 0 Å². The molecular weight excluding hydrogens is 212 g/mol. The van der Waals surface area contributed by atoms with E-state index < -0.39 is 0 Å². The molecule has 98 valence electrons. The molecule has 0 fully saturated rings. The van der Waals surface area contributed by atoms with E-state index in [1.807, 2.05) is 12.1 Å². The Morgan fingerprint density at radius 3 is 2.59 bits per heavy atom. The van der Waals surface area contributed by atoms with Crippen LogP contribution in [0.15, 0.2) is 22.8 Å². The normalized spacial score (nSPS) is 13.5. The standard InChI is InChI=1S/C14H26N2O/c1-5-9-16(12(2)3)10-8-15-13(4)14-7-6-11-17-14/h6-7,11-13,15H,5,8-10H2,1-4H3. The van der Waals surface area contributed by atoms with E-state index in [9.17, 15) is 0 Å². The molecule has 1 N–H and O–H groups in total. The van der Waals surface area contributed by atoms with Crippen molar-refractivity contribution in [3.63, 3.8) is 0 Å². The van der Waals surface area contributed by atoms with Crippen LogP contribution < -0.4 is 5.32 Å². The van der Waals surface area contributed by atoms with Crippen molar-refractivity contribution in [3.05, 3.63) is 24.2 Å². The lowest BCUT2D eigenvalue weighted by Gasteiger charge is -2.26. The Bertz CT molecular complexity index is 282. The molecule has 1 aromatic rings. The van der Waals surface area contributed by atoms with Crippen molar-refractivity contribution >= 4 is 0 Å². The van der Waals surface area contributed by atoms with E-state index in [1.54, 1.807) is 6.26 Å². The van der Waals surface area contributed by atoms with Gasteiger partial charge in [0.15, 0.2) is 0 Å². The molecule has 0 saturated heterocycles. The van der Waals surface area contributed by atoms with Gasteiger partial charge in [-0.3, -0.25) is 4.90 Å². The predicted molar refractivity (Wildman–Crippen MR) is 72.1 cm³/mol. The molecule has 1 aromatic heterocycles. The van der Waals surface area contributed by atoms with Crippen LogP contribution in [0.1, 0.15) is 45.9 Å². The molecule has 3 heteroatoms. The van der Waals surface area contributed by atoms with Crippen LogP contribution in [0.3, 0.4) is 0 Å². The van der Waals surface area contributed by atoms with Crippen LogP contribution in [0.4, 0.5) is 0 Å². The fourth-order valence-corrected chi connectivity index (χ4v) is 1.98. The molecule has 3 nitrogen and oxygen atoms in total. The molecule has 1 unspecified atom stereocenters. The van der Waals surface area contributed by atoms with Gasteiger partial charge in [-0.05, 0) is 45.9 Å². The van der Waals surface area contributed by atoms with Gasteiger partial charge in [0.2, 0.25) is 0 Å². The first-order chi connectivity index (χ1) is 8.15. The minimum absolute atomic E-state index is 0.292. The predicted octanol–water partition coefficient (Wildman–Crippen LogP) is 3.05. The Hall–Kier alpha value is -0.800. The highest BCUT2D eigenvalue weighted by Crippen LogP contribution is 2.11. The van der Waals surface area contributed by atoms with Crippen molar-refractivity contribution in [2.75, 3.05) is 19.6 Å². The molecule has 17 heavy (non-hydrogen) atoms. The van der Waals surface area contributed by atoms with Crippen molar-refractivity contribution in [2.45, 2.75) is 46.2 Å². The molecule has 0 radical (unpaired) electrons. The number of furan rings is 1. The highest BCUT2D eigenvalue weighted by Gasteiger charge is 2.10. The van der Waals surface area contributed by atoms with Gasteiger partial charge in [0.1, 0.15) is 5.76 Å². The second-order valence-electron chi connectivity index (χ2n) is 4.82. The van der Waals surface area contributed by atoms with Gasteiger partial charge >= 0.3 is 0 Å². The Labute approximate surface area is 105 Å². The number of hydrogen-bond acceptors (Lipinski definition) is 3. The SMILES string of the molecule is CCCN(CCNC(C)c1ccco1)C(C)C. The van der Waals surface area contributed by atoms with Gasteiger partial charge in [0.05, 0.1) is 12.3 Å². The van der Waals surface area contributed by atoms with Gasteiger partial charge in [0, 0.05) is 19.1 Å². The van der Waals surface area contributed by atoms with Crippen molar-refractivity contribution in [2.24, 2.45) is 0 Å². The maximum absolute atomic E-state index is 5.37. The molecule has 0 spiro atoms. The van der Waals surface area contributed by atoms with Crippen molar-refractivity contribution < 1.29 is 4.42 Å². The van der Waals surface area contributed by atoms with Crippen molar-refractivity contribution in [1.82, 2.24) is 10.2 Å². The summed E-state index contributed by atoms with van der Waals surface area (Å²) in [6, 6.07) is 4.87. The maximum atomic E-state index is 5.37. The summed E-state index contributed by atoms with van der Waals surface area (Å²) >= 11 is 0. The fraction of sp³-hybridized carbons (Fsp3) is 0.714. The zero-order valence-electron chi connectivity index (χ0n) is 11.6. The number of rotatable bonds is 8. The first-order valence-corrected chi connectivity index (χ1v) is 6.66. The van der Waals surface area contributed by atoms with Gasteiger partial charge in [-0.25, -0.2) is 0 Å². The molecule has 1 rings (SSSR count). The lowest BCUT2D eigenvalue weighted by Crippen LogP contribution is -2.38. The molecule has 1 atom stereocenters. The average Bonchev–Trinajstić information content (AvgIpc) is 2.81. The van der Waals surface area contributed by atoms with Crippen LogP contribution in [-0.2, 0) is 0 Å². The molecule has 0 aliphatic carbocycles. The lowest BCUT2D eigenvalue weighted by atomic mass is 10.2. The molecule has 0 aromatic carbocycles. The van der Waals surface area contributed by atoms with E-state index in [1.165, 1.54) is 13.0 Å². The van der Waals surface area contributed by atoms with Crippen LogP contribution in [0.25, 0.3) is 0 Å². The third-order valence-corrected chi connectivity index (χ3v) is 3.06. The molecule has 1 heterocycles. The largest absolute Gasteiger partial charge is 0.468 e. The van der Waals surface area contributed by atoms with E-state index >= 15 is 0 Å². The smallest absolute Gasteiger partial charge is 0.120 e. The highest BCUT2D eigenvalue weighted by molar-refractivity contribution is 5.02. The third-order valence-electron chi connectivity index (χ3n) is 3.06. The zero-order chi connectivity index (χ0) is 12.7. The van der Waals surface area contributed by atoms with Gasteiger partial charge in [0.25, 0.3) is 0 Å². The van der Waals surface area contributed by atoms with Gasteiger partial charge in [-0.15, -0.1) is 0 Å². The van der Waals surface area contributed by atoms with Crippen molar-refractivity contribution in [1.29, 1.82) is 0 Å². The molecule has 0 aliphatic rings. The number of nitrogens with one attached hydrogen (secondary N) is 1. The van der Waals surface area contributed by atoms with Crippen LogP contribution in [-0.4, -0.2) is 30.6 Å². The summed E-state index contributed by atoms with van der Waals surface area (Å²) in [5.74, 6) is 1.01. The Balaban J connectivity index is 2.26. The first kappa shape index (κ1) is 14.3. The second-order valence-corrected chi connectivity index (χ2v) is 4.82. The second kappa shape index (κ2) is 7.51. The molecule has 0 aliphatic heterocycles. The number of nitrogens with zero attached hydrogens (tertiary/aromatic N) is 1. The molecule has 0 bridgehead atoms. The van der Waals surface area contributed by atoms with Crippen LogP contribution in [0.5, 0.6) is 0 Å². The molecule has 0 amide bonds. The summed E-state index contributed by atoms with van der Waals surface area (Å²) in [5.41, 5.74) is 0. The molecule has 0 saturated carbocycles. The molecular formula is C14H26N2O. The topological polar surface area (TPSA) is 28.4 Å².